The van der Waals surface area contributed by atoms with Gasteiger partial charge in [0.2, 0.25) is 5.91 Å². The fraction of sp³-hybridized carbons (Fsp3) is 0.400. The summed E-state index contributed by atoms with van der Waals surface area (Å²) in [5.41, 5.74) is 2.31. The first-order chi connectivity index (χ1) is 12.4. The number of carbonyl (C=O) groups excluding carboxylic acids is 1. The van der Waals surface area contributed by atoms with E-state index in [0.717, 1.165) is 17.7 Å². The molecule has 0 spiro atoms. The van der Waals surface area contributed by atoms with Gasteiger partial charge in [0, 0.05) is 37.7 Å². The summed E-state index contributed by atoms with van der Waals surface area (Å²) in [6.45, 7) is 4.08. The molecule has 138 valence electrons. The molecule has 1 aromatic carbocycles. The van der Waals surface area contributed by atoms with Gasteiger partial charge in [0.05, 0.1) is 7.11 Å². The van der Waals surface area contributed by atoms with Gasteiger partial charge >= 0.3 is 0 Å². The number of pyridine rings is 1. The number of rotatable bonds is 4. The molecule has 0 aliphatic carbocycles. The lowest BCUT2D eigenvalue weighted by molar-refractivity contribution is -0.117. The van der Waals surface area contributed by atoms with Gasteiger partial charge < -0.3 is 14.2 Å². The summed E-state index contributed by atoms with van der Waals surface area (Å²) in [7, 11) is 3.19. The SMILES string of the molecule is CCc1ccc(N2C[C@@H](c3c(C)cc(OC)cc3F)CC2=O)c(=O)n1C. The summed E-state index contributed by atoms with van der Waals surface area (Å²) in [5.74, 6) is -0.375. The molecule has 0 radical (unpaired) electrons. The number of hydrogen-bond acceptors (Lipinski definition) is 3. The molecule has 1 atom stereocenters. The normalized spacial score (nSPS) is 17.0. The average molecular weight is 358 g/mol. The van der Waals surface area contributed by atoms with Crippen molar-refractivity contribution in [1.29, 1.82) is 0 Å². The molecule has 1 aromatic heterocycles. The molecule has 1 saturated heterocycles. The van der Waals surface area contributed by atoms with Crippen LogP contribution in [0, 0.1) is 12.7 Å². The van der Waals surface area contributed by atoms with Gasteiger partial charge in [0.15, 0.2) is 0 Å². The highest BCUT2D eigenvalue weighted by molar-refractivity contribution is 5.96. The largest absolute Gasteiger partial charge is 0.497 e. The van der Waals surface area contributed by atoms with Crippen molar-refractivity contribution in [1.82, 2.24) is 4.57 Å². The number of aryl methyl sites for hydroxylation is 2. The molecular formula is C20H23FN2O3. The van der Waals surface area contributed by atoms with E-state index in [1.54, 1.807) is 23.7 Å². The first kappa shape index (κ1) is 18.2. The lowest BCUT2D eigenvalue weighted by Gasteiger charge is -2.19. The van der Waals surface area contributed by atoms with Gasteiger partial charge in [0.1, 0.15) is 17.3 Å². The zero-order valence-electron chi connectivity index (χ0n) is 15.5. The average Bonchev–Trinajstić information content (AvgIpc) is 2.97. The molecule has 0 bridgehead atoms. The van der Waals surface area contributed by atoms with Gasteiger partial charge in [-0.3, -0.25) is 9.59 Å². The number of amides is 1. The van der Waals surface area contributed by atoms with Crippen LogP contribution in [0.1, 0.15) is 36.1 Å². The van der Waals surface area contributed by atoms with E-state index in [1.165, 1.54) is 18.1 Å². The van der Waals surface area contributed by atoms with Crippen molar-refractivity contribution >= 4 is 11.6 Å². The first-order valence-corrected chi connectivity index (χ1v) is 8.70. The molecule has 1 amide bonds. The molecule has 0 N–H and O–H groups in total. The van der Waals surface area contributed by atoms with E-state index in [0.29, 0.717) is 23.5 Å². The van der Waals surface area contributed by atoms with Crippen molar-refractivity contribution in [2.24, 2.45) is 7.05 Å². The Morgan fingerprint density at radius 3 is 2.62 bits per heavy atom. The highest BCUT2D eigenvalue weighted by Gasteiger charge is 2.35. The van der Waals surface area contributed by atoms with Crippen LogP contribution in [0.4, 0.5) is 10.1 Å². The number of anilines is 1. The molecule has 1 aliphatic rings. The monoisotopic (exact) mass is 358 g/mol. The Bertz CT molecular complexity index is 897. The van der Waals surface area contributed by atoms with Crippen molar-refractivity contribution in [2.45, 2.75) is 32.6 Å². The van der Waals surface area contributed by atoms with E-state index in [2.05, 4.69) is 0 Å². The summed E-state index contributed by atoms with van der Waals surface area (Å²) in [6, 6.07) is 6.65. The summed E-state index contributed by atoms with van der Waals surface area (Å²) in [5, 5.41) is 0. The predicted octanol–water partition coefficient (Wildman–Crippen LogP) is 2.92. The highest BCUT2D eigenvalue weighted by atomic mass is 19.1. The van der Waals surface area contributed by atoms with E-state index in [9.17, 15) is 14.0 Å². The summed E-state index contributed by atoms with van der Waals surface area (Å²) in [4.78, 5) is 26.7. The number of hydrogen-bond donors (Lipinski definition) is 0. The molecule has 0 saturated carbocycles. The molecule has 6 heteroatoms. The Labute approximate surface area is 152 Å². The second-order valence-electron chi connectivity index (χ2n) is 6.67. The zero-order valence-corrected chi connectivity index (χ0v) is 15.5. The summed E-state index contributed by atoms with van der Waals surface area (Å²) >= 11 is 0. The molecule has 1 aliphatic heterocycles. The zero-order chi connectivity index (χ0) is 19.0. The molecule has 2 heterocycles. The smallest absolute Gasteiger partial charge is 0.274 e. The summed E-state index contributed by atoms with van der Waals surface area (Å²) in [6.07, 6.45) is 0.918. The fourth-order valence-corrected chi connectivity index (χ4v) is 3.71. The molecule has 5 nitrogen and oxygen atoms in total. The lowest BCUT2D eigenvalue weighted by atomic mass is 9.93. The Kier molecular flexibility index (Phi) is 4.85. The number of aromatic nitrogens is 1. The quantitative estimate of drug-likeness (QED) is 0.844. The Morgan fingerprint density at radius 1 is 1.27 bits per heavy atom. The van der Waals surface area contributed by atoms with Crippen LogP contribution in [-0.2, 0) is 18.3 Å². The highest BCUT2D eigenvalue weighted by Crippen LogP contribution is 2.35. The van der Waals surface area contributed by atoms with E-state index >= 15 is 0 Å². The van der Waals surface area contributed by atoms with Gasteiger partial charge in [-0.2, -0.15) is 0 Å². The van der Waals surface area contributed by atoms with Gasteiger partial charge in [-0.15, -0.1) is 0 Å². The van der Waals surface area contributed by atoms with Gasteiger partial charge in [-0.25, -0.2) is 4.39 Å². The maximum Gasteiger partial charge on any atom is 0.274 e. The minimum absolute atomic E-state index is 0.161. The first-order valence-electron chi connectivity index (χ1n) is 8.70. The summed E-state index contributed by atoms with van der Waals surface area (Å²) < 4.78 is 21.2. The van der Waals surface area contributed by atoms with Crippen molar-refractivity contribution in [3.63, 3.8) is 0 Å². The molecule has 3 rings (SSSR count). The number of carbonyl (C=O) groups is 1. The van der Waals surface area contributed by atoms with Crippen molar-refractivity contribution in [3.05, 3.63) is 57.3 Å². The minimum Gasteiger partial charge on any atom is -0.497 e. The molecule has 0 unspecified atom stereocenters. The number of methoxy groups -OCH3 is 1. The van der Waals surface area contributed by atoms with E-state index in [1.807, 2.05) is 19.9 Å². The van der Waals surface area contributed by atoms with Crippen LogP contribution in [-0.4, -0.2) is 24.1 Å². The minimum atomic E-state index is -0.379. The van der Waals surface area contributed by atoms with Crippen LogP contribution in [0.15, 0.2) is 29.1 Å². The molecule has 1 fully saturated rings. The van der Waals surface area contributed by atoms with Crippen molar-refractivity contribution < 1.29 is 13.9 Å². The second kappa shape index (κ2) is 6.94. The maximum atomic E-state index is 14.6. The van der Waals surface area contributed by atoms with Crippen LogP contribution in [0.5, 0.6) is 5.75 Å². The molecule has 26 heavy (non-hydrogen) atoms. The topological polar surface area (TPSA) is 51.5 Å². The van der Waals surface area contributed by atoms with Crippen LogP contribution >= 0.6 is 0 Å². The Morgan fingerprint density at radius 2 is 2.00 bits per heavy atom. The van der Waals surface area contributed by atoms with Gasteiger partial charge in [-0.05, 0) is 42.7 Å². The lowest BCUT2D eigenvalue weighted by Crippen LogP contribution is -2.33. The molecular weight excluding hydrogens is 335 g/mol. The van der Waals surface area contributed by atoms with Crippen LogP contribution in [0.3, 0.4) is 0 Å². The molecule has 2 aromatic rings. The fourth-order valence-electron chi connectivity index (χ4n) is 3.71. The third-order valence-electron chi connectivity index (χ3n) is 5.12. The van der Waals surface area contributed by atoms with Crippen LogP contribution < -0.4 is 15.2 Å². The predicted molar refractivity (Wildman–Crippen MR) is 98.5 cm³/mol. The number of halogens is 1. The van der Waals surface area contributed by atoms with E-state index in [-0.39, 0.29) is 29.6 Å². The number of nitrogens with zero attached hydrogens (tertiary/aromatic N) is 2. The van der Waals surface area contributed by atoms with Gasteiger partial charge in [0.25, 0.3) is 5.56 Å². The Balaban J connectivity index is 1.96. The van der Waals surface area contributed by atoms with Crippen LogP contribution in [0.2, 0.25) is 0 Å². The number of ether oxygens (including phenoxy) is 1. The van der Waals surface area contributed by atoms with Crippen molar-refractivity contribution in [3.8, 4) is 5.75 Å². The van der Waals surface area contributed by atoms with Gasteiger partial charge in [-0.1, -0.05) is 6.92 Å². The second-order valence-corrected chi connectivity index (χ2v) is 6.67. The third kappa shape index (κ3) is 3.00. The van der Waals surface area contributed by atoms with E-state index < -0.39 is 0 Å². The van der Waals surface area contributed by atoms with Crippen LogP contribution in [0.25, 0.3) is 0 Å². The van der Waals surface area contributed by atoms with E-state index in [4.69, 9.17) is 4.74 Å². The number of benzene rings is 1. The van der Waals surface area contributed by atoms with Crippen molar-refractivity contribution in [2.75, 3.05) is 18.6 Å². The Hall–Kier alpha value is -2.63. The third-order valence-corrected chi connectivity index (χ3v) is 5.12. The maximum absolute atomic E-state index is 14.6. The standard InChI is InChI=1S/C20H23FN2O3/c1-5-14-6-7-17(20(25)22(14)3)23-11-13(9-18(23)24)19-12(2)8-15(26-4)10-16(19)21/h6-8,10,13H,5,9,11H2,1-4H3/t13-/m0/s1.